The first-order valence-corrected chi connectivity index (χ1v) is 9.16. The fourth-order valence-electron chi connectivity index (χ4n) is 3.96. The Morgan fingerprint density at radius 2 is 1.84 bits per heavy atom. The van der Waals surface area contributed by atoms with E-state index in [0.717, 1.165) is 44.5 Å². The maximum absolute atomic E-state index is 13.0. The van der Waals surface area contributed by atoms with Crippen LogP contribution in [0.15, 0.2) is 54.6 Å². The molecule has 3 aromatic rings. The molecule has 1 aromatic heterocycles. The molecule has 0 aliphatic carbocycles. The number of aryl methyl sites for hydroxylation is 1. The number of rotatable bonds is 2. The van der Waals surface area contributed by atoms with E-state index in [9.17, 15) is 4.79 Å². The third kappa shape index (κ3) is 2.74. The van der Waals surface area contributed by atoms with Gasteiger partial charge in [-0.1, -0.05) is 30.4 Å². The summed E-state index contributed by atoms with van der Waals surface area (Å²) in [6.07, 6.45) is 2.97. The molecule has 2 heterocycles. The second-order valence-corrected chi connectivity index (χ2v) is 6.89. The van der Waals surface area contributed by atoms with Gasteiger partial charge in [0.05, 0.1) is 0 Å². The van der Waals surface area contributed by atoms with Gasteiger partial charge < -0.3 is 9.47 Å². The SMILES string of the molecule is C=C1CCCN(C(=O)c2ccc3c(c2)c2ccccc2n3CC)CC1. The van der Waals surface area contributed by atoms with Gasteiger partial charge in [-0.3, -0.25) is 4.79 Å². The molecule has 1 aliphatic rings. The number of para-hydroxylation sites is 1. The molecule has 128 valence electrons. The van der Waals surface area contributed by atoms with Gasteiger partial charge in [-0.15, -0.1) is 0 Å². The van der Waals surface area contributed by atoms with E-state index in [-0.39, 0.29) is 5.91 Å². The summed E-state index contributed by atoms with van der Waals surface area (Å²) in [4.78, 5) is 15.0. The first kappa shape index (κ1) is 15.9. The van der Waals surface area contributed by atoms with Gasteiger partial charge in [0, 0.05) is 47.0 Å². The van der Waals surface area contributed by atoms with Crippen LogP contribution < -0.4 is 0 Å². The minimum absolute atomic E-state index is 0.143. The fourth-order valence-corrected chi connectivity index (χ4v) is 3.96. The molecule has 0 radical (unpaired) electrons. The molecule has 3 heteroatoms. The van der Waals surface area contributed by atoms with Crippen LogP contribution in [-0.2, 0) is 6.54 Å². The van der Waals surface area contributed by atoms with Gasteiger partial charge in [-0.05, 0) is 50.5 Å². The number of amides is 1. The average molecular weight is 332 g/mol. The summed E-state index contributed by atoms with van der Waals surface area (Å²) in [5.41, 5.74) is 4.48. The molecule has 25 heavy (non-hydrogen) atoms. The van der Waals surface area contributed by atoms with Crippen LogP contribution in [0.4, 0.5) is 0 Å². The van der Waals surface area contributed by atoms with Crippen LogP contribution in [0.3, 0.4) is 0 Å². The zero-order valence-corrected chi connectivity index (χ0v) is 14.8. The van der Waals surface area contributed by atoms with Crippen LogP contribution in [0, 0.1) is 0 Å². The zero-order valence-electron chi connectivity index (χ0n) is 14.8. The minimum Gasteiger partial charge on any atom is -0.341 e. The van der Waals surface area contributed by atoms with Crippen molar-refractivity contribution in [1.29, 1.82) is 0 Å². The molecule has 4 rings (SSSR count). The molecular formula is C22H24N2O. The smallest absolute Gasteiger partial charge is 0.253 e. The van der Waals surface area contributed by atoms with Crippen molar-refractivity contribution in [1.82, 2.24) is 9.47 Å². The molecule has 0 bridgehead atoms. The van der Waals surface area contributed by atoms with Crippen LogP contribution in [-0.4, -0.2) is 28.5 Å². The Morgan fingerprint density at radius 1 is 1.04 bits per heavy atom. The number of hydrogen-bond donors (Lipinski definition) is 0. The molecule has 0 spiro atoms. The highest BCUT2D eigenvalue weighted by molar-refractivity contribution is 6.10. The lowest BCUT2D eigenvalue weighted by molar-refractivity contribution is 0.0763. The number of aromatic nitrogens is 1. The van der Waals surface area contributed by atoms with Crippen LogP contribution in [0.25, 0.3) is 21.8 Å². The Kier molecular flexibility index (Phi) is 4.08. The summed E-state index contributed by atoms with van der Waals surface area (Å²) < 4.78 is 2.31. The van der Waals surface area contributed by atoms with Crippen molar-refractivity contribution in [2.45, 2.75) is 32.7 Å². The second-order valence-electron chi connectivity index (χ2n) is 6.89. The van der Waals surface area contributed by atoms with E-state index in [4.69, 9.17) is 0 Å². The number of fused-ring (bicyclic) bond motifs is 3. The van der Waals surface area contributed by atoms with E-state index in [1.54, 1.807) is 0 Å². The lowest BCUT2D eigenvalue weighted by Crippen LogP contribution is -2.31. The molecule has 0 unspecified atom stereocenters. The van der Waals surface area contributed by atoms with E-state index in [2.05, 4.69) is 54.5 Å². The predicted molar refractivity (Wildman–Crippen MR) is 104 cm³/mol. The first-order chi connectivity index (χ1) is 12.2. The third-order valence-corrected chi connectivity index (χ3v) is 5.32. The highest BCUT2D eigenvalue weighted by Gasteiger charge is 2.19. The maximum Gasteiger partial charge on any atom is 0.253 e. The number of nitrogens with zero attached hydrogens (tertiary/aromatic N) is 2. The van der Waals surface area contributed by atoms with Crippen molar-refractivity contribution in [2.24, 2.45) is 0 Å². The van der Waals surface area contributed by atoms with Gasteiger partial charge in [0.15, 0.2) is 0 Å². The van der Waals surface area contributed by atoms with Gasteiger partial charge in [-0.25, -0.2) is 0 Å². The zero-order chi connectivity index (χ0) is 17.4. The monoisotopic (exact) mass is 332 g/mol. The van der Waals surface area contributed by atoms with Crippen LogP contribution >= 0.6 is 0 Å². The van der Waals surface area contributed by atoms with E-state index < -0.39 is 0 Å². The summed E-state index contributed by atoms with van der Waals surface area (Å²) in [5, 5.41) is 2.39. The molecule has 2 aromatic carbocycles. The highest BCUT2D eigenvalue weighted by atomic mass is 16.2. The van der Waals surface area contributed by atoms with Gasteiger partial charge in [-0.2, -0.15) is 0 Å². The molecule has 1 fully saturated rings. The Bertz CT molecular complexity index is 967. The van der Waals surface area contributed by atoms with Crippen molar-refractivity contribution in [3.8, 4) is 0 Å². The topological polar surface area (TPSA) is 25.2 Å². The predicted octanol–water partition coefficient (Wildman–Crippen LogP) is 5.00. The maximum atomic E-state index is 13.0. The summed E-state index contributed by atoms with van der Waals surface area (Å²) in [6.45, 7) is 8.78. The van der Waals surface area contributed by atoms with Crippen molar-refractivity contribution >= 4 is 27.7 Å². The molecule has 0 saturated carbocycles. The first-order valence-electron chi connectivity index (χ1n) is 9.16. The Hall–Kier alpha value is -2.55. The normalized spacial score (nSPS) is 15.7. The molecule has 1 saturated heterocycles. The van der Waals surface area contributed by atoms with Crippen molar-refractivity contribution < 1.29 is 4.79 Å². The van der Waals surface area contributed by atoms with Crippen LogP contribution in [0.5, 0.6) is 0 Å². The summed E-state index contributed by atoms with van der Waals surface area (Å²) in [6, 6.07) is 14.6. The molecule has 1 aliphatic heterocycles. The fraction of sp³-hybridized carbons (Fsp3) is 0.318. The number of carbonyl (C=O) groups excluding carboxylic acids is 1. The lowest BCUT2D eigenvalue weighted by Gasteiger charge is -2.20. The van der Waals surface area contributed by atoms with Gasteiger partial charge in [0.25, 0.3) is 5.91 Å². The van der Waals surface area contributed by atoms with E-state index in [0.29, 0.717) is 0 Å². The van der Waals surface area contributed by atoms with E-state index >= 15 is 0 Å². The highest BCUT2D eigenvalue weighted by Crippen LogP contribution is 2.30. The Balaban J connectivity index is 1.77. The number of likely N-dealkylation sites (tertiary alicyclic amines) is 1. The quantitative estimate of drug-likeness (QED) is 0.606. The summed E-state index contributed by atoms with van der Waals surface area (Å²) >= 11 is 0. The number of benzene rings is 2. The Labute approximate surface area is 148 Å². The summed E-state index contributed by atoms with van der Waals surface area (Å²) in [5.74, 6) is 0.143. The van der Waals surface area contributed by atoms with Crippen molar-refractivity contribution in [3.63, 3.8) is 0 Å². The lowest BCUT2D eigenvalue weighted by atomic mass is 10.1. The largest absolute Gasteiger partial charge is 0.341 e. The van der Waals surface area contributed by atoms with Crippen molar-refractivity contribution in [3.05, 3.63) is 60.2 Å². The standard InChI is InChI=1S/C22H24N2O/c1-3-24-20-9-5-4-8-18(20)19-15-17(10-11-21(19)24)22(25)23-13-6-7-16(2)12-14-23/h4-5,8-11,15H,2-3,6-7,12-14H2,1H3. The minimum atomic E-state index is 0.143. The van der Waals surface area contributed by atoms with Gasteiger partial charge in [0.1, 0.15) is 0 Å². The van der Waals surface area contributed by atoms with E-state index in [1.165, 1.54) is 27.4 Å². The van der Waals surface area contributed by atoms with Crippen molar-refractivity contribution in [2.75, 3.05) is 13.1 Å². The molecular weight excluding hydrogens is 308 g/mol. The molecule has 3 nitrogen and oxygen atoms in total. The Morgan fingerprint density at radius 3 is 2.68 bits per heavy atom. The van der Waals surface area contributed by atoms with Crippen LogP contribution in [0.1, 0.15) is 36.5 Å². The second kappa shape index (κ2) is 6.40. The van der Waals surface area contributed by atoms with Gasteiger partial charge >= 0.3 is 0 Å². The molecule has 0 N–H and O–H groups in total. The summed E-state index contributed by atoms with van der Waals surface area (Å²) in [7, 11) is 0. The average Bonchev–Trinajstić information content (AvgIpc) is 2.79. The number of hydrogen-bond acceptors (Lipinski definition) is 1. The molecule has 1 amide bonds. The van der Waals surface area contributed by atoms with Crippen LogP contribution in [0.2, 0.25) is 0 Å². The van der Waals surface area contributed by atoms with Gasteiger partial charge in [0.2, 0.25) is 0 Å². The third-order valence-electron chi connectivity index (χ3n) is 5.32. The van der Waals surface area contributed by atoms with E-state index in [1.807, 2.05) is 11.0 Å². The molecule has 0 atom stereocenters. The number of carbonyl (C=O) groups is 1.